The van der Waals surface area contributed by atoms with E-state index in [-0.39, 0.29) is 78.9 Å². The van der Waals surface area contributed by atoms with Gasteiger partial charge >= 0.3 is 5.97 Å². The lowest BCUT2D eigenvalue weighted by Gasteiger charge is -2.49. The Morgan fingerprint density at radius 3 is 2.22 bits per heavy atom. The Bertz CT molecular complexity index is 1350. The summed E-state index contributed by atoms with van der Waals surface area (Å²) < 4.78 is 12.3. The molecule has 2 aliphatic carbocycles. The normalized spacial score (nSPS) is 40.3. The Morgan fingerprint density at radius 2 is 1.57 bits per heavy atom. The van der Waals surface area contributed by atoms with Gasteiger partial charge in [-0.2, -0.15) is 0 Å². The molecule has 8 nitrogen and oxygen atoms in total. The number of Topliss-reactive ketones (excluding diaryl/α,β-unsaturated/α-hetero) is 4. The van der Waals surface area contributed by atoms with E-state index in [4.69, 9.17) is 9.47 Å². The molecule has 1 saturated heterocycles. The van der Waals surface area contributed by atoms with E-state index in [0.29, 0.717) is 25.7 Å². The zero-order valence-electron chi connectivity index (χ0n) is 31.6. The molecule has 4 aliphatic rings. The van der Waals surface area contributed by atoms with Crippen molar-refractivity contribution in [2.24, 2.45) is 46.8 Å². The maximum absolute atomic E-state index is 14.7. The van der Waals surface area contributed by atoms with Gasteiger partial charge in [0.15, 0.2) is 0 Å². The summed E-state index contributed by atoms with van der Waals surface area (Å²) in [5.74, 6) is -3.37. The number of allylic oxidation sites excluding steroid dienone is 3. The van der Waals surface area contributed by atoms with E-state index >= 15 is 0 Å². The van der Waals surface area contributed by atoms with E-state index in [1.807, 2.05) is 54.5 Å². The van der Waals surface area contributed by atoms with E-state index in [2.05, 4.69) is 0 Å². The highest BCUT2D eigenvalue weighted by Gasteiger charge is 2.61. The van der Waals surface area contributed by atoms with Crippen LogP contribution in [0.15, 0.2) is 22.8 Å². The van der Waals surface area contributed by atoms with Crippen molar-refractivity contribution in [3.8, 4) is 0 Å². The number of ketones is 4. The van der Waals surface area contributed by atoms with Crippen LogP contribution < -0.4 is 0 Å². The smallest absolute Gasteiger partial charge is 0.313 e. The van der Waals surface area contributed by atoms with Crippen molar-refractivity contribution in [1.29, 1.82) is 0 Å². The molecule has 0 radical (unpaired) electrons. The highest BCUT2D eigenvalue weighted by Crippen LogP contribution is 2.57. The standard InChI is InChI=1S/C41H62O8/c1-23(2)29-20-33(43)26(5)12-10-11-24(3)18-34(44)30-19-28(7)38-31(41(30,21-35(29)45)39(46)48-9)17-25(4)13-15-32(42)27(6)14-16-37-40(8,47)22-36(38)49-37/h17,23-24,26-27,29-31,36-37,47H,10-16,18-22H2,1-9H3/b25-17+/t24-,26+,27-,29-,30+,31-,36+,37+,40-,41+/m1/s1. The monoisotopic (exact) mass is 682 g/mol. The highest BCUT2D eigenvalue weighted by atomic mass is 16.5. The second-order valence-electron chi connectivity index (χ2n) is 16.9. The van der Waals surface area contributed by atoms with Crippen LogP contribution in [0.4, 0.5) is 0 Å². The summed E-state index contributed by atoms with van der Waals surface area (Å²) in [5, 5.41) is 11.7. The zero-order chi connectivity index (χ0) is 36.4. The van der Waals surface area contributed by atoms with E-state index in [1.54, 1.807) is 6.92 Å². The molecule has 2 heterocycles. The molecular weight excluding hydrogens is 620 g/mol. The molecule has 2 bridgehead atoms. The molecule has 2 fully saturated rings. The van der Waals surface area contributed by atoms with Crippen LogP contribution in [0.3, 0.4) is 0 Å². The van der Waals surface area contributed by atoms with Gasteiger partial charge in [-0.15, -0.1) is 0 Å². The predicted octanol–water partition coefficient (Wildman–Crippen LogP) is 7.34. The molecule has 10 atom stereocenters. The van der Waals surface area contributed by atoms with Crippen LogP contribution in [-0.2, 0) is 33.4 Å². The maximum atomic E-state index is 14.7. The first-order valence-electron chi connectivity index (χ1n) is 18.9. The Morgan fingerprint density at radius 1 is 0.898 bits per heavy atom. The minimum absolute atomic E-state index is 0.0391. The minimum atomic E-state index is -1.59. The SMILES string of the molecule is COC(=O)[C@@]12CC(=O)[C@@H](C(C)C)CC(=O)[C@@H](C)CCC[C@@H](C)CC(=O)[C@@H]1CC(C)=C1[C@@H]3C[C@@](C)(O)[C@H](CC[C@@H](C)C(=O)CC/C(C)=C/[C@H]12)O3. The maximum Gasteiger partial charge on any atom is 0.313 e. The molecule has 1 N–H and O–H groups in total. The lowest BCUT2D eigenvalue weighted by molar-refractivity contribution is -0.167. The second-order valence-corrected chi connectivity index (χ2v) is 16.9. The molecule has 49 heavy (non-hydrogen) atoms. The van der Waals surface area contributed by atoms with Crippen molar-refractivity contribution >= 4 is 29.1 Å². The Hall–Kier alpha value is -2.45. The van der Waals surface area contributed by atoms with Crippen molar-refractivity contribution in [3.05, 3.63) is 22.8 Å². The van der Waals surface area contributed by atoms with Gasteiger partial charge in [0.2, 0.25) is 0 Å². The lowest BCUT2D eigenvalue weighted by Crippen LogP contribution is -2.54. The summed E-state index contributed by atoms with van der Waals surface area (Å²) in [6.45, 7) is 15.5. The first-order valence-corrected chi connectivity index (χ1v) is 18.9. The Kier molecular flexibility index (Phi) is 12.7. The molecule has 2 aliphatic heterocycles. The number of fused-ring (bicyclic) bond motifs is 6. The van der Waals surface area contributed by atoms with E-state index in [9.17, 15) is 29.1 Å². The number of carbonyl (C=O) groups excluding carboxylic acids is 5. The summed E-state index contributed by atoms with van der Waals surface area (Å²) in [7, 11) is 1.32. The molecule has 0 spiro atoms. The highest BCUT2D eigenvalue weighted by molar-refractivity contribution is 5.97. The average molecular weight is 683 g/mol. The summed E-state index contributed by atoms with van der Waals surface area (Å²) in [5.41, 5.74) is -0.123. The third-order valence-corrected chi connectivity index (χ3v) is 12.6. The van der Waals surface area contributed by atoms with Crippen molar-refractivity contribution in [3.63, 3.8) is 0 Å². The molecule has 0 aromatic carbocycles. The van der Waals surface area contributed by atoms with Gasteiger partial charge in [-0.25, -0.2) is 0 Å². The molecule has 0 amide bonds. The van der Waals surface area contributed by atoms with Crippen LogP contribution in [0.2, 0.25) is 0 Å². The van der Waals surface area contributed by atoms with Gasteiger partial charge in [0.25, 0.3) is 0 Å². The minimum Gasteiger partial charge on any atom is -0.469 e. The molecule has 4 rings (SSSR count). The van der Waals surface area contributed by atoms with Gasteiger partial charge in [0.05, 0.1) is 30.3 Å². The van der Waals surface area contributed by atoms with Crippen molar-refractivity contribution in [1.82, 2.24) is 0 Å². The molecular formula is C41H62O8. The molecule has 0 aromatic rings. The zero-order valence-corrected chi connectivity index (χ0v) is 31.6. The first-order chi connectivity index (χ1) is 22.9. The van der Waals surface area contributed by atoms with Crippen LogP contribution in [0.5, 0.6) is 0 Å². The summed E-state index contributed by atoms with van der Waals surface area (Å²) in [6.07, 6.45) is 5.84. The largest absolute Gasteiger partial charge is 0.469 e. The fourth-order valence-electron chi connectivity index (χ4n) is 9.28. The van der Waals surface area contributed by atoms with Crippen molar-refractivity contribution in [2.75, 3.05) is 7.11 Å². The number of hydrogen-bond acceptors (Lipinski definition) is 8. The van der Waals surface area contributed by atoms with Crippen LogP contribution in [0, 0.1) is 46.8 Å². The number of ether oxygens (including phenoxy) is 2. The second kappa shape index (κ2) is 15.8. The number of methoxy groups -OCH3 is 1. The molecule has 274 valence electrons. The van der Waals surface area contributed by atoms with Gasteiger partial charge in [0, 0.05) is 61.7 Å². The average Bonchev–Trinajstić information content (AvgIpc) is 3.33. The number of rotatable bonds is 2. The summed E-state index contributed by atoms with van der Waals surface area (Å²) in [6, 6.07) is 0. The third-order valence-electron chi connectivity index (χ3n) is 12.6. The van der Waals surface area contributed by atoms with Crippen LogP contribution >= 0.6 is 0 Å². The molecule has 0 aromatic heterocycles. The van der Waals surface area contributed by atoms with Crippen LogP contribution in [0.1, 0.15) is 132 Å². The fourth-order valence-corrected chi connectivity index (χ4v) is 9.28. The van der Waals surface area contributed by atoms with Crippen LogP contribution in [-0.4, -0.2) is 59.1 Å². The van der Waals surface area contributed by atoms with Gasteiger partial charge in [-0.05, 0) is 70.3 Å². The number of hydrogen-bond donors (Lipinski definition) is 1. The van der Waals surface area contributed by atoms with Crippen molar-refractivity contribution < 1.29 is 38.6 Å². The van der Waals surface area contributed by atoms with Gasteiger partial charge in [0.1, 0.15) is 23.1 Å². The predicted molar refractivity (Wildman–Crippen MR) is 188 cm³/mol. The third kappa shape index (κ3) is 8.38. The number of carbonyl (C=O) groups is 5. The Labute approximate surface area is 294 Å². The van der Waals surface area contributed by atoms with Gasteiger partial charge < -0.3 is 14.6 Å². The Balaban J connectivity index is 1.99. The van der Waals surface area contributed by atoms with E-state index in [0.717, 1.165) is 36.0 Å². The number of aliphatic hydroxyl groups is 1. The molecule has 1 saturated carbocycles. The quantitative estimate of drug-likeness (QED) is 0.237. The fraction of sp³-hybridized carbons (Fsp3) is 0.780. The van der Waals surface area contributed by atoms with Gasteiger partial charge in [-0.3, -0.25) is 24.0 Å². The van der Waals surface area contributed by atoms with Gasteiger partial charge in [-0.1, -0.05) is 64.7 Å². The summed E-state index contributed by atoms with van der Waals surface area (Å²) in [4.78, 5) is 70.7. The van der Waals surface area contributed by atoms with Crippen LogP contribution in [0.25, 0.3) is 0 Å². The molecule has 0 unspecified atom stereocenters. The summed E-state index contributed by atoms with van der Waals surface area (Å²) >= 11 is 0. The number of esters is 1. The van der Waals surface area contributed by atoms with E-state index < -0.39 is 46.9 Å². The lowest BCUT2D eigenvalue weighted by atomic mass is 9.53. The topological polar surface area (TPSA) is 124 Å². The van der Waals surface area contributed by atoms with E-state index in [1.165, 1.54) is 7.11 Å². The first kappa shape index (κ1) is 39.3. The van der Waals surface area contributed by atoms with Crippen molar-refractivity contribution in [2.45, 2.75) is 150 Å². The molecule has 8 heteroatoms.